The molecule has 0 amide bonds. The summed E-state index contributed by atoms with van der Waals surface area (Å²) in [6.45, 7) is 4.09. The summed E-state index contributed by atoms with van der Waals surface area (Å²) in [6, 6.07) is 0. The molecule has 0 aliphatic carbocycles. The number of nitrogens with one attached hydrogen (secondary N) is 1. The third-order valence-corrected chi connectivity index (χ3v) is 1.20. The molecule has 0 aromatic carbocycles. The van der Waals surface area contributed by atoms with Gasteiger partial charge >= 0.3 is 5.97 Å². The van der Waals surface area contributed by atoms with Gasteiger partial charge in [0.15, 0.2) is 0 Å². The van der Waals surface area contributed by atoms with Crippen LogP contribution in [0.15, 0.2) is 0 Å². The second kappa shape index (κ2) is 10.6. The first kappa shape index (κ1) is 16.0. The Morgan fingerprint density at radius 2 is 1.93 bits per heavy atom. The van der Waals surface area contributed by atoms with Gasteiger partial charge in [-0.2, -0.15) is 0 Å². The van der Waals surface area contributed by atoms with E-state index in [9.17, 15) is 9.59 Å². The number of unbranched alkanes of at least 4 members (excludes halogenated alkanes) is 1. The van der Waals surface area contributed by atoms with Crippen LogP contribution in [0.25, 0.3) is 0 Å². The van der Waals surface area contributed by atoms with Crippen LogP contribution in [0.2, 0.25) is 0 Å². The molecule has 0 aliphatic rings. The molecule has 0 radical (unpaired) electrons. The van der Waals surface area contributed by atoms with Crippen LogP contribution in [0.3, 0.4) is 0 Å². The van der Waals surface area contributed by atoms with Crippen LogP contribution in [0.1, 0.15) is 26.7 Å². The number of carbonyl (C=O) groups is 2. The molecule has 0 spiro atoms. The minimum absolute atomic E-state index is 0.103. The van der Waals surface area contributed by atoms with Gasteiger partial charge in [0, 0.05) is 13.5 Å². The third kappa shape index (κ3) is 19.1. The maximum Gasteiger partial charge on any atom is 0.371 e. The van der Waals surface area contributed by atoms with Gasteiger partial charge in [0.25, 0.3) is 0 Å². The predicted molar refractivity (Wildman–Crippen MR) is 56.0 cm³/mol. The van der Waals surface area contributed by atoms with Gasteiger partial charge in [-0.3, -0.25) is 10.2 Å². The van der Waals surface area contributed by atoms with E-state index >= 15 is 0 Å². The number of nitrogens with two attached hydrogens (primary N) is 1. The van der Waals surface area contributed by atoms with Gasteiger partial charge in [0.05, 0.1) is 0 Å². The van der Waals surface area contributed by atoms with E-state index in [0.29, 0.717) is 0 Å². The molecule has 15 heavy (non-hydrogen) atoms. The molecule has 0 fully saturated rings. The van der Waals surface area contributed by atoms with Crippen LogP contribution in [0, 0.1) is 5.41 Å². The highest BCUT2D eigenvalue weighted by Gasteiger charge is 1.98. The van der Waals surface area contributed by atoms with E-state index in [2.05, 4.69) is 6.92 Å². The van der Waals surface area contributed by atoms with Gasteiger partial charge in [-0.25, -0.2) is 4.79 Å². The number of carbonyl (C=O) groups excluding carboxylic acids is 1. The maximum absolute atomic E-state index is 9.54. The number of rotatable bonds is 6. The van der Waals surface area contributed by atoms with Crippen LogP contribution in [0.4, 0.5) is 0 Å². The first-order chi connectivity index (χ1) is 6.91. The maximum atomic E-state index is 9.54. The lowest BCUT2D eigenvalue weighted by Crippen LogP contribution is -2.17. The summed E-state index contributed by atoms with van der Waals surface area (Å²) < 4.78 is 4.99. The fraction of sp³-hybridized carbons (Fsp3) is 0.667. The van der Waals surface area contributed by atoms with Crippen molar-refractivity contribution in [1.82, 2.24) is 0 Å². The van der Waals surface area contributed by atoms with Crippen molar-refractivity contribution in [2.24, 2.45) is 5.73 Å². The molecular weight excluding hydrogens is 200 g/mol. The van der Waals surface area contributed by atoms with Crippen molar-refractivity contribution in [3.05, 3.63) is 0 Å². The average Bonchev–Trinajstić information content (AvgIpc) is 2.13. The van der Waals surface area contributed by atoms with E-state index in [1.54, 1.807) is 0 Å². The number of hydrogen-bond acceptors (Lipinski definition) is 4. The predicted octanol–water partition coefficient (Wildman–Crippen LogP) is 0.399. The van der Waals surface area contributed by atoms with Crippen LogP contribution in [-0.4, -0.2) is 35.9 Å². The Kier molecular flexibility index (Phi) is 11.4. The molecular formula is C9H18N2O4. The molecule has 88 valence electrons. The Bertz CT molecular complexity index is 204. The van der Waals surface area contributed by atoms with E-state index in [1.165, 1.54) is 0 Å². The minimum atomic E-state index is -1.38. The minimum Gasteiger partial charge on any atom is -0.476 e. The van der Waals surface area contributed by atoms with E-state index in [1.807, 2.05) is 0 Å². The van der Waals surface area contributed by atoms with Crippen molar-refractivity contribution >= 4 is 17.6 Å². The number of carboxylic acid groups (broad SMARTS) is 1. The van der Waals surface area contributed by atoms with Crippen LogP contribution >= 0.6 is 0 Å². The number of amidine groups is 1. The molecule has 4 N–H and O–H groups in total. The zero-order valence-corrected chi connectivity index (χ0v) is 9.08. The zero-order chi connectivity index (χ0) is 12.3. The fourth-order valence-corrected chi connectivity index (χ4v) is 0.429. The normalized spacial score (nSPS) is 8.67. The summed E-state index contributed by atoms with van der Waals surface area (Å²) in [5.41, 5.74) is 5.03. The molecule has 0 saturated carbocycles. The van der Waals surface area contributed by atoms with E-state index in [4.69, 9.17) is 21.0 Å². The Labute approximate surface area is 88.9 Å². The van der Waals surface area contributed by atoms with E-state index < -0.39 is 11.8 Å². The number of Topliss-reactive ketones (excluding diaryl/α,β-unsaturated/α-hetero) is 1. The zero-order valence-electron chi connectivity index (χ0n) is 9.08. The van der Waals surface area contributed by atoms with Gasteiger partial charge < -0.3 is 15.6 Å². The monoisotopic (exact) mass is 218 g/mol. The smallest absolute Gasteiger partial charge is 0.371 e. The summed E-state index contributed by atoms with van der Waals surface area (Å²) in [5, 5.41) is 14.4. The second-order valence-corrected chi connectivity index (χ2v) is 2.79. The average molecular weight is 218 g/mol. The van der Waals surface area contributed by atoms with Crippen LogP contribution < -0.4 is 5.73 Å². The number of hydrogen-bond donors (Lipinski definition) is 3. The molecule has 6 heteroatoms. The van der Waals surface area contributed by atoms with Crippen LogP contribution in [-0.2, 0) is 14.3 Å². The largest absolute Gasteiger partial charge is 0.476 e. The Balaban J connectivity index is 0. The van der Waals surface area contributed by atoms with Gasteiger partial charge in [-0.15, -0.1) is 0 Å². The summed E-state index contributed by atoms with van der Waals surface area (Å²) in [4.78, 5) is 18.9. The Morgan fingerprint density at radius 1 is 1.47 bits per heavy atom. The van der Waals surface area contributed by atoms with Crippen molar-refractivity contribution in [3.8, 4) is 0 Å². The van der Waals surface area contributed by atoms with Crippen molar-refractivity contribution in [1.29, 1.82) is 5.41 Å². The SMILES string of the molecule is CC(=O)C(=O)O.CCCCOCC(=N)N. The molecule has 0 bridgehead atoms. The van der Waals surface area contributed by atoms with Crippen molar-refractivity contribution in [2.45, 2.75) is 26.7 Å². The highest BCUT2D eigenvalue weighted by molar-refractivity contribution is 6.31. The quantitative estimate of drug-likeness (QED) is 0.258. The lowest BCUT2D eigenvalue weighted by Gasteiger charge is -1.99. The second-order valence-electron chi connectivity index (χ2n) is 2.79. The molecule has 0 unspecified atom stereocenters. The lowest BCUT2D eigenvalue weighted by atomic mass is 10.4. The summed E-state index contributed by atoms with van der Waals surface area (Å²) in [6.07, 6.45) is 2.17. The van der Waals surface area contributed by atoms with Crippen molar-refractivity contribution in [3.63, 3.8) is 0 Å². The standard InChI is InChI=1S/C6H14N2O.C3H4O3/c1-2-3-4-9-5-6(7)8;1-2(4)3(5)6/h2-5H2,1H3,(H3,7,8);1H3,(H,5,6). The highest BCUT2D eigenvalue weighted by atomic mass is 16.5. The molecule has 0 atom stereocenters. The molecule has 0 rings (SSSR count). The number of ether oxygens (including phenoxy) is 1. The first-order valence-corrected chi connectivity index (χ1v) is 4.56. The topological polar surface area (TPSA) is 113 Å². The Morgan fingerprint density at radius 3 is 2.20 bits per heavy atom. The first-order valence-electron chi connectivity index (χ1n) is 4.56. The third-order valence-electron chi connectivity index (χ3n) is 1.20. The number of ketones is 1. The van der Waals surface area contributed by atoms with Gasteiger partial charge in [-0.1, -0.05) is 13.3 Å². The molecule has 0 aromatic rings. The Hall–Kier alpha value is -1.43. The van der Waals surface area contributed by atoms with Crippen molar-refractivity contribution < 1.29 is 19.4 Å². The molecule has 6 nitrogen and oxygen atoms in total. The lowest BCUT2D eigenvalue weighted by molar-refractivity contribution is -0.148. The molecule has 0 heterocycles. The van der Waals surface area contributed by atoms with Crippen molar-refractivity contribution in [2.75, 3.05) is 13.2 Å². The number of carboxylic acids is 1. The fourth-order valence-electron chi connectivity index (χ4n) is 0.429. The summed E-state index contributed by atoms with van der Waals surface area (Å²) in [7, 11) is 0. The number of aliphatic carboxylic acids is 1. The van der Waals surface area contributed by atoms with Crippen LogP contribution in [0.5, 0.6) is 0 Å². The highest BCUT2D eigenvalue weighted by Crippen LogP contribution is 1.86. The molecule has 0 aliphatic heterocycles. The summed E-state index contributed by atoms with van der Waals surface area (Å²) >= 11 is 0. The molecule has 0 aromatic heterocycles. The summed E-state index contributed by atoms with van der Waals surface area (Å²) in [5.74, 6) is -2.10. The van der Waals surface area contributed by atoms with E-state index in [0.717, 1.165) is 26.4 Å². The van der Waals surface area contributed by atoms with Gasteiger partial charge in [0.2, 0.25) is 5.78 Å². The van der Waals surface area contributed by atoms with Gasteiger partial charge in [-0.05, 0) is 6.42 Å². The molecule has 0 saturated heterocycles. The van der Waals surface area contributed by atoms with E-state index in [-0.39, 0.29) is 12.4 Å². The van der Waals surface area contributed by atoms with Gasteiger partial charge in [0.1, 0.15) is 12.4 Å².